The smallest absolute Gasteiger partial charge is 0.223 e. The van der Waals surface area contributed by atoms with Crippen LogP contribution in [0.5, 0.6) is 0 Å². The Hall–Kier alpha value is -1.99. The van der Waals surface area contributed by atoms with E-state index in [1.807, 2.05) is 37.6 Å². The van der Waals surface area contributed by atoms with Crippen LogP contribution in [0.15, 0.2) is 35.2 Å². The predicted octanol–water partition coefficient (Wildman–Crippen LogP) is 4.15. The first-order valence-corrected chi connectivity index (χ1v) is 10.2. The van der Waals surface area contributed by atoms with Crippen molar-refractivity contribution in [1.29, 1.82) is 0 Å². The van der Waals surface area contributed by atoms with Crippen LogP contribution in [0.2, 0.25) is 0 Å². The minimum atomic E-state index is 0.438. The van der Waals surface area contributed by atoms with E-state index in [9.17, 15) is 0 Å². The number of rotatable bonds is 4. The van der Waals surface area contributed by atoms with Crippen molar-refractivity contribution >= 4 is 27.5 Å². The fraction of sp³-hybridized carbons (Fsp3) is 0.450. The van der Waals surface area contributed by atoms with E-state index >= 15 is 0 Å². The van der Waals surface area contributed by atoms with Gasteiger partial charge in [0, 0.05) is 29.0 Å². The number of nitrogens with one attached hydrogen (secondary N) is 1. The molecule has 3 heterocycles. The Morgan fingerprint density at radius 2 is 1.89 bits per heavy atom. The summed E-state index contributed by atoms with van der Waals surface area (Å²) in [6.07, 6.45) is 10.5. The van der Waals surface area contributed by atoms with Crippen LogP contribution in [0.4, 0.5) is 5.95 Å². The van der Waals surface area contributed by atoms with Crippen LogP contribution in [0, 0.1) is 6.92 Å². The number of fused-ring (bicyclic) bond motifs is 1. The highest BCUT2D eigenvalue weighted by Gasteiger charge is 2.23. The first-order chi connectivity index (χ1) is 13.0. The van der Waals surface area contributed by atoms with E-state index in [2.05, 4.69) is 54.6 Å². The number of aryl methyl sites for hydroxylation is 1. The van der Waals surface area contributed by atoms with Gasteiger partial charge in [-0.05, 0) is 80.3 Å². The highest BCUT2D eigenvalue weighted by atomic mass is 79.9. The van der Waals surface area contributed by atoms with Gasteiger partial charge in [-0.25, -0.2) is 15.0 Å². The molecule has 3 aromatic rings. The Morgan fingerprint density at radius 3 is 2.63 bits per heavy atom. The summed E-state index contributed by atoms with van der Waals surface area (Å²) in [5.41, 5.74) is 3.84. The van der Waals surface area contributed by atoms with E-state index in [0.717, 1.165) is 39.9 Å². The summed E-state index contributed by atoms with van der Waals surface area (Å²) in [6, 6.07) is 5.12. The van der Waals surface area contributed by atoms with E-state index in [-0.39, 0.29) is 0 Å². The van der Waals surface area contributed by atoms with Crippen LogP contribution in [-0.4, -0.2) is 50.4 Å². The molecule has 4 rings (SSSR count). The molecule has 0 amide bonds. The summed E-state index contributed by atoms with van der Waals surface area (Å²) in [6.45, 7) is 2.04. The van der Waals surface area contributed by atoms with Gasteiger partial charge in [0.05, 0.1) is 17.6 Å². The van der Waals surface area contributed by atoms with Gasteiger partial charge in [-0.1, -0.05) is 0 Å². The summed E-state index contributed by atoms with van der Waals surface area (Å²) in [5, 5.41) is 3.55. The van der Waals surface area contributed by atoms with Crippen molar-refractivity contribution in [2.24, 2.45) is 0 Å². The highest BCUT2D eigenvalue weighted by Crippen LogP contribution is 2.27. The molecule has 27 heavy (non-hydrogen) atoms. The van der Waals surface area contributed by atoms with Gasteiger partial charge >= 0.3 is 0 Å². The highest BCUT2D eigenvalue weighted by molar-refractivity contribution is 9.10. The molecular weight excluding hydrogens is 404 g/mol. The SMILES string of the molecule is Cc1cnc(NC2CCC(N(C)C)CC2)nc1-c1cnc2ccc(Br)cn12. The van der Waals surface area contributed by atoms with E-state index in [0.29, 0.717) is 18.0 Å². The molecule has 1 fully saturated rings. The summed E-state index contributed by atoms with van der Waals surface area (Å²) in [7, 11) is 4.34. The summed E-state index contributed by atoms with van der Waals surface area (Å²) in [4.78, 5) is 16.2. The molecular formula is C20H25BrN6. The molecule has 0 unspecified atom stereocenters. The molecule has 1 aliphatic carbocycles. The van der Waals surface area contributed by atoms with Gasteiger partial charge in [-0.15, -0.1) is 0 Å². The number of pyridine rings is 1. The average molecular weight is 429 g/mol. The number of aromatic nitrogens is 4. The monoisotopic (exact) mass is 428 g/mol. The number of hydrogen-bond acceptors (Lipinski definition) is 5. The largest absolute Gasteiger partial charge is 0.351 e. The molecule has 6 nitrogen and oxygen atoms in total. The normalized spacial score (nSPS) is 20.3. The Morgan fingerprint density at radius 1 is 1.11 bits per heavy atom. The zero-order chi connectivity index (χ0) is 19.0. The maximum absolute atomic E-state index is 4.83. The molecule has 0 saturated heterocycles. The second kappa shape index (κ2) is 7.56. The average Bonchev–Trinajstić information content (AvgIpc) is 3.06. The lowest BCUT2D eigenvalue weighted by molar-refractivity contribution is 0.221. The third-order valence-electron chi connectivity index (χ3n) is 5.44. The lowest BCUT2D eigenvalue weighted by atomic mass is 9.90. The van der Waals surface area contributed by atoms with Crippen LogP contribution in [0.1, 0.15) is 31.2 Å². The zero-order valence-electron chi connectivity index (χ0n) is 16.0. The summed E-state index contributed by atoms with van der Waals surface area (Å²) < 4.78 is 3.07. The molecule has 7 heteroatoms. The minimum Gasteiger partial charge on any atom is -0.351 e. The number of hydrogen-bond donors (Lipinski definition) is 1. The third-order valence-corrected chi connectivity index (χ3v) is 5.91. The van der Waals surface area contributed by atoms with E-state index in [4.69, 9.17) is 4.98 Å². The predicted molar refractivity (Wildman–Crippen MR) is 112 cm³/mol. The fourth-order valence-corrected chi connectivity index (χ4v) is 4.16. The molecule has 0 aliphatic heterocycles. The van der Waals surface area contributed by atoms with Crippen molar-refractivity contribution < 1.29 is 0 Å². The first kappa shape index (κ1) is 18.4. The van der Waals surface area contributed by atoms with Gasteiger partial charge in [0.25, 0.3) is 0 Å². The molecule has 1 N–H and O–H groups in total. The Labute approximate surface area is 168 Å². The van der Waals surface area contributed by atoms with Crippen molar-refractivity contribution in [3.63, 3.8) is 0 Å². The summed E-state index contributed by atoms with van der Waals surface area (Å²) >= 11 is 3.54. The van der Waals surface area contributed by atoms with Crippen LogP contribution >= 0.6 is 15.9 Å². The van der Waals surface area contributed by atoms with Gasteiger partial charge in [-0.3, -0.25) is 4.40 Å². The quantitative estimate of drug-likeness (QED) is 0.676. The van der Waals surface area contributed by atoms with Gasteiger partial charge in [-0.2, -0.15) is 0 Å². The first-order valence-electron chi connectivity index (χ1n) is 9.41. The second-order valence-electron chi connectivity index (χ2n) is 7.56. The van der Waals surface area contributed by atoms with Gasteiger partial charge in [0.1, 0.15) is 5.65 Å². The number of anilines is 1. The molecule has 142 valence electrons. The summed E-state index contributed by atoms with van der Waals surface area (Å²) in [5.74, 6) is 0.703. The Kier molecular flexibility index (Phi) is 5.14. The molecule has 0 radical (unpaired) electrons. The zero-order valence-corrected chi connectivity index (χ0v) is 17.6. The number of halogens is 1. The Balaban J connectivity index is 1.58. The van der Waals surface area contributed by atoms with Crippen molar-refractivity contribution in [1.82, 2.24) is 24.3 Å². The molecule has 0 bridgehead atoms. The standard InChI is InChI=1S/C20H25BrN6/c1-13-10-23-20(24-15-5-7-16(8-6-15)26(2)3)25-19(13)17-11-22-18-9-4-14(21)12-27(17)18/h4,9-12,15-16H,5-8H2,1-3H3,(H,23,24,25). The Bertz CT molecular complexity index is 943. The second-order valence-corrected chi connectivity index (χ2v) is 8.47. The van der Waals surface area contributed by atoms with Crippen molar-refractivity contribution in [2.45, 2.75) is 44.7 Å². The molecule has 0 spiro atoms. The van der Waals surface area contributed by atoms with Crippen molar-refractivity contribution in [3.05, 3.63) is 40.8 Å². The van der Waals surface area contributed by atoms with Crippen molar-refractivity contribution in [2.75, 3.05) is 19.4 Å². The van der Waals surface area contributed by atoms with Gasteiger partial charge in [0.15, 0.2) is 0 Å². The van der Waals surface area contributed by atoms with Crippen LogP contribution in [0.3, 0.4) is 0 Å². The lowest BCUT2D eigenvalue weighted by Gasteiger charge is -2.33. The van der Waals surface area contributed by atoms with Crippen LogP contribution in [-0.2, 0) is 0 Å². The third kappa shape index (κ3) is 3.84. The lowest BCUT2D eigenvalue weighted by Crippen LogP contribution is -2.36. The van der Waals surface area contributed by atoms with E-state index in [1.54, 1.807) is 0 Å². The topological polar surface area (TPSA) is 58.4 Å². The van der Waals surface area contributed by atoms with Crippen LogP contribution < -0.4 is 5.32 Å². The molecule has 0 atom stereocenters. The fourth-order valence-electron chi connectivity index (χ4n) is 3.82. The maximum Gasteiger partial charge on any atom is 0.223 e. The molecule has 3 aromatic heterocycles. The van der Waals surface area contributed by atoms with E-state index in [1.165, 1.54) is 12.8 Å². The van der Waals surface area contributed by atoms with E-state index < -0.39 is 0 Å². The molecule has 1 aliphatic rings. The number of imidazole rings is 1. The minimum absolute atomic E-state index is 0.438. The van der Waals surface area contributed by atoms with Gasteiger partial charge in [0.2, 0.25) is 5.95 Å². The molecule has 0 aromatic carbocycles. The van der Waals surface area contributed by atoms with Crippen LogP contribution in [0.25, 0.3) is 17.0 Å². The van der Waals surface area contributed by atoms with Crippen molar-refractivity contribution in [3.8, 4) is 11.4 Å². The van der Waals surface area contributed by atoms with Gasteiger partial charge < -0.3 is 10.2 Å². The molecule has 1 saturated carbocycles. The maximum atomic E-state index is 4.83. The number of nitrogens with zero attached hydrogens (tertiary/aromatic N) is 5.